The molecular formula is C37H37ClN4O6. The summed E-state index contributed by atoms with van der Waals surface area (Å²) in [4.78, 5) is 22.0. The maximum absolute atomic E-state index is 12.1. The number of aromatic carboxylic acids is 1. The summed E-state index contributed by atoms with van der Waals surface area (Å²) < 4.78 is 26.4. The molecule has 0 radical (unpaired) electrons. The number of halogens is 1. The van der Waals surface area contributed by atoms with Crippen LogP contribution in [0.25, 0.3) is 22.3 Å². The minimum absolute atomic E-state index is 0.0315. The molecule has 11 heteroatoms. The van der Waals surface area contributed by atoms with Gasteiger partial charge in [0.1, 0.15) is 30.3 Å². The maximum atomic E-state index is 12.1. The average molecular weight is 669 g/mol. The Morgan fingerprint density at radius 3 is 2.75 bits per heavy atom. The number of nitrogens with zero attached hydrogens (tertiary/aromatic N) is 3. The number of carboxylic acids is 1. The lowest BCUT2D eigenvalue weighted by molar-refractivity contribution is -0.0589. The molecule has 2 aliphatic heterocycles. The summed E-state index contributed by atoms with van der Waals surface area (Å²) in [6.45, 7) is 3.55. The van der Waals surface area contributed by atoms with Crippen LogP contribution in [-0.2, 0) is 42.1 Å². The summed E-state index contributed by atoms with van der Waals surface area (Å²) in [6.07, 6.45) is 2.14. The first-order valence-electron chi connectivity index (χ1n) is 16.2. The number of ether oxygens (including phenoxy) is 4. The molecule has 0 aliphatic carbocycles. The Balaban J connectivity index is 1.27. The molecule has 4 bridgehead atoms. The molecule has 0 spiro atoms. The fourth-order valence-corrected chi connectivity index (χ4v) is 6.30. The Bertz CT molecular complexity index is 1960. The van der Waals surface area contributed by atoms with Crippen molar-refractivity contribution in [2.24, 2.45) is 0 Å². The Kier molecular flexibility index (Phi) is 9.58. The first kappa shape index (κ1) is 32.1. The highest BCUT2D eigenvalue weighted by atomic mass is 35.5. The van der Waals surface area contributed by atoms with E-state index in [9.17, 15) is 9.90 Å². The van der Waals surface area contributed by atoms with Gasteiger partial charge < -0.3 is 33.9 Å². The predicted octanol–water partition coefficient (Wildman–Crippen LogP) is 6.08. The summed E-state index contributed by atoms with van der Waals surface area (Å²) in [5.74, 6) is 0.769. The fourth-order valence-electron chi connectivity index (χ4n) is 6.11. The van der Waals surface area contributed by atoms with Crippen molar-refractivity contribution in [3.8, 4) is 22.9 Å². The van der Waals surface area contributed by atoms with Crippen LogP contribution in [0.1, 0.15) is 44.9 Å². The van der Waals surface area contributed by atoms with Gasteiger partial charge in [-0.1, -0.05) is 35.9 Å². The summed E-state index contributed by atoms with van der Waals surface area (Å²) in [7, 11) is 1.84. The van der Waals surface area contributed by atoms with Crippen molar-refractivity contribution >= 4 is 28.6 Å². The van der Waals surface area contributed by atoms with E-state index >= 15 is 0 Å². The van der Waals surface area contributed by atoms with Crippen LogP contribution in [0, 0.1) is 0 Å². The quantitative estimate of drug-likeness (QED) is 0.180. The van der Waals surface area contributed by atoms with E-state index in [1.165, 1.54) is 0 Å². The van der Waals surface area contributed by atoms with E-state index in [0.717, 1.165) is 45.8 Å². The van der Waals surface area contributed by atoms with Crippen LogP contribution in [0.4, 0.5) is 0 Å². The second-order valence-corrected chi connectivity index (χ2v) is 12.5. The van der Waals surface area contributed by atoms with Crippen molar-refractivity contribution in [3.63, 3.8) is 0 Å². The first-order chi connectivity index (χ1) is 23.4. The molecule has 5 aromatic rings. The molecule has 2 N–H and O–H groups in total. The summed E-state index contributed by atoms with van der Waals surface area (Å²) in [5.41, 5.74) is 7.42. The highest BCUT2D eigenvalue weighted by Gasteiger charge is 2.25. The molecule has 48 heavy (non-hydrogen) atoms. The van der Waals surface area contributed by atoms with Crippen molar-refractivity contribution in [1.29, 1.82) is 0 Å². The predicted molar refractivity (Wildman–Crippen MR) is 182 cm³/mol. The van der Waals surface area contributed by atoms with Gasteiger partial charge in [0.25, 0.3) is 0 Å². The third kappa shape index (κ3) is 7.02. The van der Waals surface area contributed by atoms with Gasteiger partial charge in [-0.2, -0.15) is 0 Å². The smallest absolute Gasteiger partial charge is 0.335 e. The van der Waals surface area contributed by atoms with Gasteiger partial charge in [0, 0.05) is 36.2 Å². The second kappa shape index (κ2) is 14.3. The molecule has 2 aromatic heterocycles. The second-order valence-electron chi connectivity index (χ2n) is 12.0. The first-order valence-corrected chi connectivity index (χ1v) is 16.6. The Hall–Kier alpha value is -4.48. The lowest BCUT2D eigenvalue weighted by Gasteiger charge is -2.27. The van der Waals surface area contributed by atoms with E-state index in [2.05, 4.69) is 28.1 Å². The molecule has 0 unspecified atom stereocenters. The number of hydrogen-bond donors (Lipinski definition) is 2. The molecule has 4 heterocycles. The van der Waals surface area contributed by atoms with E-state index in [-0.39, 0.29) is 11.7 Å². The van der Waals surface area contributed by atoms with Crippen LogP contribution in [0.2, 0.25) is 5.02 Å². The zero-order chi connectivity index (χ0) is 33.0. The molecule has 3 aromatic carbocycles. The Labute approximate surface area is 283 Å². The van der Waals surface area contributed by atoms with Gasteiger partial charge in [-0.15, -0.1) is 0 Å². The molecule has 10 nitrogen and oxygen atoms in total. The minimum atomic E-state index is -1.02. The molecule has 0 amide bonds. The summed E-state index contributed by atoms with van der Waals surface area (Å²) >= 11 is 6.35. The van der Waals surface area contributed by atoms with Gasteiger partial charge in [0.15, 0.2) is 0 Å². The van der Waals surface area contributed by atoms with E-state index < -0.39 is 5.97 Å². The van der Waals surface area contributed by atoms with Crippen molar-refractivity contribution < 1.29 is 28.8 Å². The van der Waals surface area contributed by atoms with Crippen LogP contribution < -0.4 is 14.8 Å². The lowest BCUT2D eigenvalue weighted by Crippen LogP contribution is -2.31. The van der Waals surface area contributed by atoms with Crippen LogP contribution in [0.15, 0.2) is 66.7 Å². The highest BCUT2D eigenvalue weighted by Crippen LogP contribution is 2.32. The highest BCUT2D eigenvalue weighted by molar-refractivity contribution is 6.30. The van der Waals surface area contributed by atoms with Gasteiger partial charge in [-0.05, 0) is 78.5 Å². The number of nitrogens with one attached hydrogen (secondary N) is 1. The number of carboxylic acid groups (broad SMARTS) is 1. The number of fused-ring (bicyclic) bond motifs is 7. The molecule has 248 valence electrons. The van der Waals surface area contributed by atoms with Crippen molar-refractivity contribution in [1.82, 2.24) is 19.9 Å². The number of aromatic nitrogens is 3. The number of benzene rings is 3. The zero-order valence-electron chi connectivity index (χ0n) is 26.7. The molecule has 1 saturated heterocycles. The number of likely N-dealkylation sites (N-methyl/N-ethyl adjacent to an activating group) is 1. The van der Waals surface area contributed by atoms with E-state index in [4.69, 9.17) is 40.5 Å². The van der Waals surface area contributed by atoms with Crippen LogP contribution >= 0.6 is 11.6 Å². The molecule has 1 atom stereocenters. The average Bonchev–Trinajstić information content (AvgIpc) is 3.41. The van der Waals surface area contributed by atoms with Crippen molar-refractivity contribution in [3.05, 3.63) is 105 Å². The standard InChI is InChI=1S/C37H37ClN4O6/c1-39-11-14-47-33-18-27(37(43)44)17-32-36(33)41-34(42(32)20-30-10-13-46-30)19-23-5-6-25-15-28(23)21-45-12-9-24-16-29(38)8-7-26(24)22-48-35-4-2-3-31(25)40-35/h2-8,15-18,30,39H,9-14,19-22H2,1H3,(H,43,44)/t30-/m0/s1. The fraction of sp³-hybridized carbons (Fsp3) is 0.324. The van der Waals surface area contributed by atoms with E-state index in [1.807, 2.05) is 43.4 Å². The molecule has 7 rings (SSSR count). The summed E-state index contributed by atoms with van der Waals surface area (Å²) in [6, 6.07) is 21.1. The van der Waals surface area contributed by atoms with Crippen LogP contribution in [-0.4, -0.2) is 65.1 Å². The van der Waals surface area contributed by atoms with E-state index in [1.54, 1.807) is 12.1 Å². The molecular weight excluding hydrogens is 632 g/mol. The van der Waals surface area contributed by atoms with E-state index in [0.29, 0.717) is 86.7 Å². The molecule has 1 fully saturated rings. The third-order valence-electron chi connectivity index (χ3n) is 8.83. The lowest BCUT2D eigenvalue weighted by atomic mass is 9.99. The van der Waals surface area contributed by atoms with Gasteiger partial charge in [0.2, 0.25) is 5.88 Å². The summed E-state index contributed by atoms with van der Waals surface area (Å²) in [5, 5.41) is 13.7. The largest absolute Gasteiger partial charge is 0.490 e. The zero-order valence-corrected chi connectivity index (χ0v) is 27.5. The monoisotopic (exact) mass is 668 g/mol. The van der Waals surface area contributed by atoms with Crippen LogP contribution in [0.5, 0.6) is 11.6 Å². The number of pyridine rings is 1. The van der Waals surface area contributed by atoms with Gasteiger partial charge in [-0.3, -0.25) is 0 Å². The van der Waals surface area contributed by atoms with Gasteiger partial charge in [0.05, 0.1) is 42.6 Å². The minimum Gasteiger partial charge on any atom is -0.490 e. The Morgan fingerprint density at radius 2 is 1.94 bits per heavy atom. The third-order valence-corrected chi connectivity index (χ3v) is 9.06. The topological polar surface area (TPSA) is 117 Å². The number of hydrogen-bond acceptors (Lipinski definition) is 8. The normalized spacial score (nSPS) is 16.0. The number of rotatable bonds is 9. The number of imidazole rings is 1. The van der Waals surface area contributed by atoms with Crippen molar-refractivity contribution in [2.75, 3.05) is 33.4 Å². The number of carbonyl (C=O) groups is 1. The van der Waals surface area contributed by atoms with Crippen LogP contribution in [0.3, 0.4) is 0 Å². The Morgan fingerprint density at radius 1 is 1.04 bits per heavy atom. The maximum Gasteiger partial charge on any atom is 0.335 e. The molecule has 2 aliphatic rings. The van der Waals surface area contributed by atoms with Crippen molar-refractivity contribution in [2.45, 2.75) is 45.1 Å². The molecule has 0 saturated carbocycles. The van der Waals surface area contributed by atoms with Gasteiger partial charge >= 0.3 is 5.97 Å². The SMILES string of the molecule is CNCCOc1cc(C(=O)O)cc2c1nc(Cc1ccc3cc1COCCc1cc(Cl)ccc1COc1cccc-3n1)n2C[C@@H]1CCO1. The van der Waals surface area contributed by atoms with Gasteiger partial charge in [-0.25, -0.2) is 14.8 Å².